The normalized spacial score (nSPS) is 12.5. The summed E-state index contributed by atoms with van der Waals surface area (Å²) in [5.41, 5.74) is 1.18. The number of ether oxygens (including phenoxy) is 1. The quantitative estimate of drug-likeness (QED) is 0.780. The lowest BCUT2D eigenvalue weighted by Gasteiger charge is -2.14. The van der Waals surface area contributed by atoms with Crippen molar-refractivity contribution < 1.29 is 4.74 Å². The first-order valence-electron chi connectivity index (χ1n) is 5.59. The molecule has 0 saturated heterocycles. The Labute approximate surface area is 91.9 Å². The van der Waals surface area contributed by atoms with E-state index in [1.54, 1.807) is 6.20 Å². The number of hydrogen-bond acceptors (Lipinski definition) is 3. The van der Waals surface area contributed by atoms with Crippen molar-refractivity contribution in [1.29, 1.82) is 0 Å². The van der Waals surface area contributed by atoms with Crippen molar-refractivity contribution in [2.45, 2.75) is 33.2 Å². The Morgan fingerprint density at radius 1 is 1.40 bits per heavy atom. The fourth-order valence-electron chi connectivity index (χ4n) is 1.40. The van der Waals surface area contributed by atoms with Gasteiger partial charge in [0.1, 0.15) is 5.75 Å². The van der Waals surface area contributed by atoms with E-state index in [1.807, 2.05) is 19.2 Å². The Morgan fingerprint density at radius 2 is 2.20 bits per heavy atom. The first-order valence-corrected chi connectivity index (χ1v) is 5.59. The predicted molar refractivity (Wildman–Crippen MR) is 62.1 cm³/mol. The second kappa shape index (κ2) is 6.40. The molecule has 3 nitrogen and oxygen atoms in total. The average Bonchev–Trinajstić information content (AvgIpc) is 2.27. The van der Waals surface area contributed by atoms with Crippen molar-refractivity contribution in [3.8, 4) is 5.75 Å². The molecule has 0 aliphatic heterocycles. The van der Waals surface area contributed by atoms with Crippen molar-refractivity contribution in [1.82, 2.24) is 10.3 Å². The van der Waals surface area contributed by atoms with Crippen LogP contribution in [0.25, 0.3) is 0 Å². The summed E-state index contributed by atoms with van der Waals surface area (Å²) in [6, 6.07) is 2.38. The molecule has 0 aliphatic carbocycles. The van der Waals surface area contributed by atoms with E-state index >= 15 is 0 Å². The molecule has 1 aromatic heterocycles. The maximum Gasteiger partial charge on any atom is 0.137 e. The molecule has 0 bridgehead atoms. The summed E-state index contributed by atoms with van der Waals surface area (Å²) in [7, 11) is 0. The van der Waals surface area contributed by atoms with Gasteiger partial charge < -0.3 is 10.1 Å². The molecule has 0 spiro atoms. The van der Waals surface area contributed by atoms with Crippen LogP contribution in [-0.2, 0) is 0 Å². The standard InChI is InChI=1S/C12H20N2O/c1-4-6-14-10(3)11-7-12(15-5-2)9-13-8-11/h7-10,14H,4-6H2,1-3H3. The molecule has 0 saturated carbocycles. The van der Waals surface area contributed by atoms with Gasteiger partial charge in [0.15, 0.2) is 0 Å². The van der Waals surface area contributed by atoms with Gasteiger partial charge in [-0.05, 0) is 38.4 Å². The van der Waals surface area contributed by atoms with Crippen LogP contribution in [0.5, 0.6) is 5.75 Å². The summed E-state index contributed by atoms with van der Waals surface area (Å²) in [5.74, 6) is 0.847. The van der Waals surface area contributed by atoms with E-state index in [-0.39, 0.29) is 0 Å². The maximum absolute atomic E-state index is 5.41. The third-order valence-electron chi connectivity index (χ3n) is 2.25. The molecule has 0 amide bonds. The lowest BCUT2D eigenvalue weighted by molar-refractivity contribution is 0.338. The Kier molecular flexibility index (Phi) is 5.12. The monoisotopic (exact) mass is 208 g/mol. The Bertz CT molecular complexity index is 289. The van der Waals surface area contributed by atoms with Crippen LogP contribution in [0.15, 0.2) is 18.5 Å². The highest BCUT2D eigenvalue weighted by atomic mass is 16.5. The number of hydrogen-bond donors (Lipinski definition) is 1. The zero-order valence-electron chi connectivity index (χ0n) is 9.79. The minimum Gasteiger partial charge on any atom is -0.492 e. The van der Waals surface area contributed by atoms with Gasteiger partial charge in [-0.2, -0.15) is 0 Å². The average molecular weight is 208 g/mol. The molecule has 0 fully saturated rings. The summed E-state index contributed by atoms with van der Waals surface area (Å²) < 4.78 is 5.41. The van der Waals surface area contributed by atoms with Crippen LogP contribution in [0.4, 0.5) is 0 Å². The van der Waals surface area contributed by atoms with Gasteiger partial charge in [0.25, 0.3) is 0 Å². The fraction of sp³-hybridized carbons (Fsp3) is 0.583. The Balaban J connectivity index is 2.62. The minimum absolute atomic E-state index is 0.331. The Hall–Kier alpha value is -1.09. The maximum atomic E-state index is 5.41. The van der Waals surface area contributed by atoms with Gasteiger partial charge in [-0.1, -0.05) is 6.92 Å². The topological polar surface area (TPSA) is 34.2 Å². The van der Waals surface area contributed by atoms with Gasteiger partial charge >= 0.3 is 0 Å². The number of aromatic nitrogens is 1. The summed E-state index contributed by atoms with van der Waals surface area (Å²) in [5, 5.41) is 3.42. The summed E-state index contributed by atoms with van der Waals surface area (Å²) >= 11 is 0. The molecule has 0 radical (unpaired) electrons. The highest BCUT2D eigenvalue weighted by Crippen LogP contribution is 2.17. The molecule has 84 valence electrons. The Morgan fingerprint density at radius 3 is 2.87 bits per heavy atom. The van der Waals surface area contributed by atoms with Crippen LogP contribution >= 0.6 is 0 Å². The van der Waals surface area contributed by atoms with E-state index in [0.717, 1.165) is 18.7 Å². The van der Waals surface area contributed by atoms with Crippen molar-refractivity contribution in [3.05, 3.63) is 24.0 Å². The minimum atomic E-state index is 0.331. The molecule has 1 rings (SSSR count). The second-order valence-electron chi connectivity index (χ2n) is 3.56. The second-order valence-corrected chi connectivity index (χ2v) is 3.56. The lowest BCUT2D eigenvalue weighted by atomic mass is 10.1. The van der Waals surface area contributed by atoms with Crippen LogP contribution in [0, 0.1) is 0 Å². The van der Waals surface area contributed by atoms with Crippen LogP contribution in [0.2, 0.25) is 0 Å². The van der Waals surface area contributed by atoms with E-state index in [2.05, 4.69) is 24.1 Å². The zero-order chi connectivity index (χ0) is 11.1. The highest BCUT2D eigenvalue weighted by Gasteiger charge is 2.05. The van der Waals surface area contributed by atoms with Gasteiger partial charge in [0.2, 0.25) is 0 Å². The van der Waals surface area contributed by atoms with Crippen LogP contribution in [0.1, 0.15) is 38.8 Å². The van der Waals surface area contributed by atoms with Crippen molar-refractivity contribution in [2.24, 2.45) is 0 Å². The van der Waals surface area contributed by atoms with Crippen molar-refractivity contribution in [3.63, 3.8) is 0 Å². The van der Waals surface area contributed by atoms with Crippen LogP contribution in [-0.4, -0.2) is 18.1 Å². The van der Waals surface area contributed by atoms with E-state index in [9.17, 15) is 0 Å². The van der Waals surface area contributed by atoms with Crippen molar-refractivity contribution in [2.75, 3.05) is 13.2 Å². The molecule has 1 heterocycles. The number of nitrogens with zero attached hydrogens (tertiary/aromatic N) is 1. The third-order valence-corrected chi connectivity index (χ3v) is 2.25. The molecule has 1 unspecified atom stereocenters. The van der Waals surface area contributed by atoms with E-state index in [0.29, 0.717) is 12.6 Å². The van der Waals surface area contributed by atoms with Gasteiger partial charge in [0, 0.05) is 12.2 Å². The summed E-state index contributed by atoms with van der Waals surface area (Å²) in [4.78, 5) is 4.17. The number of rotatable bonds is 6. The van der Waals surface area contributed by atoms with Gasteiger partial charge in [-0.15, -0.1) is 0 Å². The summed E-state index contributed by atoms with van der Waals surface area (Å²) in [6.07, 6.45) is 4.78. The molecule has 1 N–H and O–H groups in total. The smallest absolute Gasteiger partial charge is 0.137 e. The van der Waals surface area contributed by atoms with Crippen molar-refractivity contribution >= 4 is 0 Å². The molecular weight excluding hydrogens is 188 g/mol. The molecule has 0 aliphatic rings. The lowest BCUT2D eigenvalue weighted by Crippen LogP contribution is -2.19. The molecule has 15 heavy (non-hydrogen) atoms. The molecule has 3 heteroatoms. The first-order chi connectivity index (χ1) is 7.27. The van der Waals surface area contributed by atoms with E-state index in [4.69, 9.17) is 4.74 Å². The predicted octanol–water partition coefficient (Wildman–Crippen LogP) is 2.54. The van der Waals surface area contributed by atoms with Gasteiger partial charge in [-0.25, -0.2) is 0 Å². The number of nitrogens with one attached hydrogen (secondary N) is 1. The number of pyridine rings is 1. The molecule has 0 aromatic carbocycles. The van der Waals surface area contributed by atoms with E-state index in [1.165, 1.54) is 5.56 Å². The third kappa shape index (κ3) is 3.88. The van der Waals surface area contributed by atoms with Gasteiger partial charge in [0.05, 0.1) is 12.8 Å². The van der Waals surface area contributed by atoms with E-state index < -0.39 is 0 Å². The van der Waals surface area contributed by atoms with Gasteiger partial charge in [-0.3, -0.25) is 4.98 Å². The fourth-order valence-corrected chi connectivity index (χ4v) is 1.40. The van der Waals surface area contributed by atoms with Crippen LogP contribution < -0.4 is 10.1 Å². The molecule has 1 atom stereocenters. The van der Waals surface area contributed by atoms with Crippen LogP contribution in [0.3, 0.4) is 0 Å². The molecule has 1 aromatic rings. The largest absolute Gasteiger partial charge is 0.492 e. The zero-order valence-corrected chi connectivity index (χ0v) is 9.79. The summed E-state index contributed by atoms with van der Waals surface area (Å²) in [6.45, 7) is 7.99. The SMILES string of the molecule is CCCNC(C)c1cncc(OCC)c1. The molecular formula is C12H20N2O. The highest BCUT2D eigenvalue weighted by molar-refractivity contribution is 5.25. The first kappa shape index (κ1) is 12.0.